The average Bonchev–Trinajstić information content (AvgIpc) is 3.11. The van der Waals surface area contributed by atoms with Crippen LogP contribution in [0.3, 0.4) is 0 Å². The molecular formula is C13H15N3O4. The maximum Gasteiger partial charge on any atom is 0.293 e. The maximum absolute atomic E-state index is 12.0. The molecule has 1 saturated heterocycles. The lowest BCUT2D eigenvalue weighted by atomic mass is 10.2. The van der Waals surface area contributed by atoms with Crippen LogP contribution >= 0.6 is 0 Å². The van der Waals surface area contributed by atoms with Crippen molar-refractivity contribution in [3.05, 3.63) is 40.4 Å². The van der Waals surface area contributed by atoms with Gasteiger partial charge in [-0.2, -0.15) is 4.98 Å². The van der Waals surface area contributed by atoms with Crippen molar-refractivity contribution in [1.82, 2.24) is 14.7 Å². The Bertz CT molecular complexity index is 643. The Morgan fingerprint density at radius 1 is 1.55 bits per heavy atom. The second kappa shape index (κ2) is 5.46. The summed E-state index contributed by atoms with van der Waals surface area (Å²) in [5.41, 5.74) is -0.224. The minimum Gasteiger partial charge on any atom is -0.491 e. The zero-order valence-corrected chi connectivity index (χ0v) is 11.1. The van der Waals surface area contributed by atoms with E-state index < -0.39 is 0 Å². The Morgan fingerprint density at radius 2 is 2.45 bits per heavy atom. The monoisotopic (exact) mass is 277 g/mol. The Morgan fingerprint density at radius 3 is 3.20 bits per heavy atom. The summed E-state index contributed by atoms with van der Waals surface area (Å²) in [6, 6.07) is 3.36. The fraction of sp³-hybridized carbons (Fsp3) is 0.462. The third-order valence-electron chi connectivity index (χ3n) is 3.21. The van der Waals surface area contributed by atoms with Gasteiger partial charge in [-0.15, -0.1) is 0 Å². The SMILES string of the molecule is COc1cccn(Cc2noc([C@@H]3CCCO3)n2)c1=O. The van der Waals surface area contributed by atoms with Crippen LogP contribution in [0.4, 0.5) is 0 Å². The van der Waals surface area contributed by atoms with Gasteiger partial charge < -0.3 is 18.6 Å². The van der Waals surface area contributed by atoms with Gasteiger partial charge in [0.2, 0.25) is 0 Å². The molecule has 2 aromatic rings. The quantitative estimate of drug-likeness (QED) is 0.833. The highest BCUT2D eigenvalue weighted by Crippen LogP contribution is 2.26. The van der Waals surface area contributed by atoms with E-state index in [1.807, 2.05) is 0 Å². The number of rotatable bonds is 4. The van der Waals surface area contributed by atoms with E-state index in [9.17, 15) is 4.79 Å². The molecule has 0 saturated carbocycles. The molecule has 2 aromatic heterocycles. The van der Waals surface area contributed by atoms with E-state index in [0.717, 1.165) is 19.4 Å². The average molecular weight is 277 g/mol. The van der Waals surface area contributed by atoms with Gasteiger partial charge in [0.25, 0.3) is 11.4 Å². The van der Waals surface area contributed by atoms with Crippen molar-refractivity contribution in [2.24, 2.45) is 0 Å². The second-order valence-electron chi connectivity index (χ2n) is 4.56. The summed E-state index contributed by atoms with van der Waals surface area (Å²) in [5.74, 6) is 1.22. The first-order valence-corrected chi connectivity index (χ1v) is 6.45. The second-order valence-corrected chi connectivity index (χ2v) is 4.56. The highest BCUT2D eigenvalue weighted by atomic mass is 16.5. The van der Waals surface area contributed by atoms with Crippen LogP contribution in [-0.4, -0.2) is 28.4 Å². The van der Waals surface area contributed by atoms with Gasteiger partial charge in [0.1, 0.15) is 6.10 Å². The van der Waals surface area contributed by atoms with Crippen LogP contribution < -0.4 is 10.3 Å². The predicted molar refractivity (Wildman–Crippen MR) is 68.6 cm³/mol. The number of hydrogen-bond donors (Lipinski definition) is 0. The molecular weight excluding hydrogens is 262 g/mol. The highest BCUT2D eigenvalue weighted by molar-refractivity contribution is 5.17. The zero-order chi connectivity index (χ0) is 13.9. The molecule has 0 unspecified atom stereocenters. The molecule has 0 radical (unpaired) electrons. The van der Waals surface area contributed by atoms with Crippen LogP contribution in [0.25, 0.3) is 0 Å². The van der Waals surface area contributed by atoms with Gasteiger partial charge in [-0.3, -0.25) is 4.79 Å². The lowest BCUT2D eigenvalue weighted by Gasteiger charge is -2.04. The van der Waals surface area contributed by atoms with Crippen LogP contribution in [-0.2, 0) is 11.3 Å². The topological polar surface area (TPSA) is 79.4 Å². The molecule has 0 aliphatic carbocycles. The third-order valence-corrected chi connectivity index (χ3v) is 3.21. The van der Waals surface area contributed by atoms with Crippen molar-refractivity contribution < 1.29 is 14.0 Å². The molecule has 106 valence electrons. The fourth-order valence-corrected chi connectivity index (χ4v) is 2.18. The molecule has 1 atom stereocenters. The van der Waals surface area contributed by atoms with E-state index in [2.05, 4.69) is 10.1 Å². The molecule has 0 N–H and O–H groups in total. The molecule has 1 aliphatic heterocycles. The summed E-state index contributed by atoms with van der Waals surface area (Å²) < 4.78 is 17.1. The molecule has 0 bridgehead atoms. The Kier molecular flexibility index (Phi) is 3.51. The molecule has 0 spiro atoms. The molecule has 7 heteroatoms. The van der Waals surface area contributed by atoms with Gasteiger partial charge in [-0.1, -0.05) is 5.16 Å². The lowest BCUT2D eigenvalue weighted by Crippen LogP contribution is -2.21. The van der Waals surface area contributed by atoms with Crippen LogP contribution in [0.2, 0.25) is 0 Å². The summed E-state index contributed by atoms with van der Waals surface area (Å²) in [6.07, 6.45) is 3.43. The number of hydrogen-bond acceptors (Lipinski definition) is 6. The van der Waals surface area contributed by atoms with Gasteiger partial charge in [0.05, 0.1) is 13.7 Å². The largest absolute Gasteiger partial charge is 0.491 e. The van der Waals surface area contributed by atoms with E-state index in [1.165, 1.54) is 11.7 Å². The summed E-state index contributed by atoms with van der Waals surface area (Å²) >= 11 is 0. The minimum atomic E-state index is -0.224. The molecule has 3 heterocycles. The summed E-state index contributed by atoms with van der Waals surface area (Å²) in [5, 5.41) is 3.89. The Hall–Kier alpha value is -2.15. The van der Waals surface area contributed by atoms with Gasteiger partial charge in [-0.05, 0) is 25.0 Å². The predicted octanol–water partition coefficient (Wildman–Crippen LogP) is 1.14. The van der Waals surface area contributed by atoms with Gasteiger partial charge in [-0.25, -0.2) is 0 Å². The Labute approximate surface area is 115 Å². The van der Waals surface area contributed by atoms with Crippen LogP contribution in [0.5, 0.6) is 5.75 Å². The summed E-state index contributed by atoms with van der Waals surface area (Å²) in [4.78, 5) is 16.3. The van der Waals surface area contributed by atoms with Crippen LogP contribution in [0.1, 0.15) is 30.7 Å². The maximum atomic E-state index is 12.0. The van der Waals surface area contributed by atoms with Gasteiger partial charge >= 0.3 is 0 Å². The van der Waals surface area contributed by atoms with E-state index in [-0.39, 0.29) is 24.0 Å². The standard InChI is InChI=1S/C13H15N3O4/c1-18-10-4-2-6-16(13(10)17)8-11-14-12(20-15-11)9-5-3-7-19-9/h2,4,6,9H,3,5,7-8H2,1H3/t9-/m0/s1. The zero-order valence-electron chi connectivity index (χ0n) is 11.1. The molecule has 20 heavy (non-hydrogen) atoms. The minimum absolute atomic E-state index is 0.113. The van der Waals surface area contributed by atoms with E-state index in [0.29, 0.717) is 11.7 Å². The number of nitrogens with zero attached hydrogens (tertiary/aromatic N) is 3. The fourth-order valence-electron chi connectivity index (χ4n) is 2.18. The first kappa shape index (κ1) is 12.9. The molecule has 0 aromatic carbocycles. The van der Waals surface area contributed by atoms with Gasteiger partial charge in [0.15, 0.2) is 11.6 Å². The number of ether oxygens (including phenoxy) is 2. The van der Waals surface area contributed by atoms with Crippen LogP contribution in [0.15, 0.2) is 27.6 Å². The summed E-state index contributed by atoms with van der Waals surface area (Å²) in [7, 11) is 1.46. The molecule has 0 amide bonds. The van der Waals surface area contributed by atoms with Crippen molar-refractivity contribution in [2.45, 2.75) is 25.5 Å². The van der Waals surface area contributed by atoms with Crippen molar-refractivity contribution in [2.75, 3.05) is 13.7 Å². The normalized spacial score (nSPS) is 18.4. The van der Waals surface area contributed by atoms with Crippen LogP contribution in [0, 0.1) is 0 Å². The van der Waals surface area contributed by atoms with Crippen molar-refractivity contribution in [3.8, 4) is 5.75 Å². The molecule has 3 rings (SSSR count). The number of methoxy groups -OCH3 is 1. The first-order valence-electron chi connectivity index (χ1n) is 6.45. The molecule has 1 aliphatic rings. The third kappa shape index (κ3) is 2.44. The number of pyridine rings is 1. The smallest absolute Gasteiger partial charge is 0.293 e. The van der Waals surface area contributed by atoms with E-state index >= 15 is 0 Å². The highest BCUT2D eigenvalue weighted by Gasteiger charge is 2.23. The van der Waals surface area contributed by atoms with E-state index in [4.69, 9.17) is 14.0 Å². The lowest BCUT2D eigenvalue weighted by molar-refractivity contribution is 0.0835. The summed E-state index contributed by atoms with van der Waals surface area (Å²) in [6.45, 7) is 0.962. The Balaban J connectivity index is 1.79. The number of aromatic nitrogens is 3. The molecule has 1 fully saturated rings. The first-order chi connectivity index (χ1) is 9.78. The van der Waals surface area contributed by atoms with Crippen molar-refractivity contribution in [1.29, 1.82) is 0 Å². The van der Waals surface area contributed by atoms with Gasteiger partial charge in [0, 0.05) is 12.8 Å². The van der Waals surface area contributed by atoms with Crippen molar-refractivity contribution >= 4 is 0 Å². The molecule has 7 nitrogen and oxygen atoms in total. The van der Waals surface area contributed by atoms with E-state index in [1.54, 1.807) is 18.3 Å². The van der Waals surface area contributed by atoms with Crippen molar-refractivity contribution in [3.63, 3.8) is 0 Å².